The number of carbonyl (C=O) groups excluding carboxylic acids is 2. The third kappa shape index (κ3) is 4.31. The number of amides is 1. The van der Waals surface area contributed by atoms with Gasteiger partial charge in [0.2, 0.25) is 0 Å². The Hall–Kier alpha value is -2.86. The molecule has 2 aromatic rings. The third-order valence-corrected chi connectivity index (χ3v) is 3.15. The summed E-state index contributed by atoms with van der Waals surface area (Å²) in [6, 6.07) is 10.8. The zero-order valence-electron chi connectivity index (χ0n) is 12.1. The maximum Gasteiger partial charge on any atom is 0.271 e. The molecule has 0 aliphatic heterocycles. The van der Waals surface area contributed by atoms with E-state index >= 15 is 0 Å². The largest absolute Gasteiger partial charge is 0.545 e. The summed E-state index contributed by atoms with van der Waals surface area (Å²) in [7, 11) is 1.36. The van der Waals surface area contributed by atoms with E-state index in [4.69, 9.17) is 16.3 Å². The first kappa shape index (κ1) is 16.5. The van der Waals surface area contributed by atoms with Gasteiger partial charge in [0.25, 0.3) is 5.91 Å². The lowest BCUT2D eigenvalue weighted by Crippen LogP contribution is -2.23. The lowest BCUT2D eigenvalue weighted by molar-refractivity contribution is -0.255. The van der Waals surface area contributed by atoms with Crippen LogP contribution in [0.2, 0.25) is 5.02 Å². The second kappa shape index (κ2) is 7.42. The molecular formula is C16H12ClN2O4-. The first-order chi connectivity index (χ1) is 11.0. The molecule has 0 atom stereocenters. The second-order valence-electron chi connectivity index (χ2n) is 4.46. The van der Waals surface area contributed by atoms with E-state index in [-0.39, 0.29) is 11.3 Å². The third-order valence-electron chi connectivity index (χ3n) is 2.91. The fourth-order valence-corrected chi connectivity index (χ4v) is 2.02. The molecule has 0 heterocycles. The number of nitrogens with zero attached hydrogens (tertiary/aromatic N) is 1. The molecule has 2 aromatic carbocycles. The van der Waals surface area contributed by atoms with E-state index in [1.165, 1.54) is 31.5 Å². The lowest BCUT2D eigenvalue weighted by atomic mass is 10.1. The molecule has 0 aromatic heterocycles. The van der Waals surface area contributed by atoms with Crippen molar-refractivity contribution in [2.24, 2.45) is 5.10 Å². The Morgan fingerprint density at radius 1 is 1.26 bits per heavy atom. The fourth-order valence-electron chi connectivity index (χ4n) is 1.83. The van der Waals surface area contributed by atoms with Crippen LogP contribution in [0.5, 0.6) is 5.75 Å². The highest BCUT2D eigenvalue weighted by molar-refractivity contribution is 6.30. The number of rotatable bonds is 5. The molecule has 7 heteroatoms. The topological polar surface area (TPSA) is 90.8 Å². The molecular weight excluding hydrogens is 320 g/mol. The quantitative estimate of drug-likeness (QED) is 0.663. The van der Waals surface area contributed by atoms with Gasteiger partial charge in [-0.15, -0.1) is 0 Å². The van der Waals surface area contributed by atoms with E-state index < -0.39 is 11.9 Å². The molecule has 0 saturated carbocycles. The van der Waals surface area contributed by atoms with E-state index in [1.807, 2.05) is 0 Å². The van der Waals surface area contributed by atoms with Gasteiger partial charge in [-0.05, 0) is 42.0 Å². The Morgan fingerprint density at radius 2 is 2.04 bits per heavy atom. The predicted octanol–water partition coefficient (Wildman–Crippen LogP) is 1.48. The van der Waals surface area contributed by atoms with E-state index in [0.717, 1.165) is 0 Å². The van der Waals surface area contributed by atoms with Crippen LogP contribution in [0.25, 0.3) is 0 Å². The van der Waals surface area contributed by atoms with Crippen LogP contribution in [0.15, 0.2) is 47.6 Å². The highest BCUT2D eigenvalue weighted by atomic mass is 35.5. The van der Waals surface area contributed by atoms with E-state index in [0.29, 0.717) is 16.1 Å². The number of carboxylic acid groups (broad SMARTS) is 1. The molecule has 0 aliphatic carbocycles. The van der Waals surface area contributed by atoms with Crippen LogP contribution in [0, 0.1) is 0 Å². The van der Waals surface area contributed by atoms with E-state index in [1.54, 1.807) is 24.3 Å². The van der Waals surface area contributed by atoms with Crippen molar-refractivity contribution < 1.29 is 19.4 Å². The molecule has 118 valence electrons. The average molecular weight is 332 g/mol. The number of halogens is 1. The number of hydrogen-bond donors (Lipinski definition) is 1. The minimum atomic E-state index is -1.36. The number of nitrogens with one attached hydrogen (secondary N) is 1. The van der Waals surface area contributed by atoms with Crippen molar-refractivity contribution in [3.8, 4) is 5.75 Å². The van der Waals surface area contributed by atoms with Crippen LogP contribution in [-0.2, 0) is 0 Å². The molecule has 0 saturated heterocycles. The fraction of sp³-hybridized carbons (Fsp3) is 0.0625. The van der Waals surface area contributed by atoms with Crippen molar-refractivity contribution in [1.82, 2.24) is 5.43 Å². The number of ether oxygens (including phenoxy) is 1. The summed E-state index contributed by atoms with van der Waals surface area (Å²) in [6.07, 6.45) is 1.31. The van der Waals surface area contributed by atoms with Crippen LogP contribution in [0.4, 0.5) is 0 Å². The van der Waals surface area contributed by atoms with Gasteiger partial charge in [-0.1, -0.05) is 17.7 Å². The van der Waals surface area contributed by atoms with Gasteiger partial charge in [-0.3, -0.25) is 4.79 Å². The summed E-state index contributed by atoms with van der Waals surface area (Å²) >= 11 is 5.80. The number of benzene rings is 2. The summed E-state index contributed by atoms with van der Waals surface area (Å²) in [4.78, 5) is 22.9. The molecule has 2 rings (SSSR count). The molecule has 1 amide bonds. The smallest absolute Gasteiger partial charge is 0.271 e. The van der Waals surface area contributed by atoms with Crippen LogP contribution >= 0.6 is 11.6 Å². The van der Waals surface area contributed by atoms with Gasteiger partial charge >= 0.3 is 0 Å². The van der Waals surface area contributed by atoms with Crippen LogP contribution in [-0.4, -0.2) is 25.2 Å². The van der Waals surface area contributed by atoms with Gasteiger partial charge < -0.3 is 14.6 Å². The summed E-state index contributed by atoms with van der Waals surface area (Å²) in [5.74, 6) is -1.61. The van der Waals surface area contributed by atoms with Crippen molar-refractivity contribution in [1.29, 1.82) is 0 Å². The molecule has 1 N–H and O–H groups in total. The first-order valence-corrected chi connectivity index (χ1v) is 6.87. The van der Waals surface area contributed by atoms with Crippen molar-refractivity contribution in [3.05, 3.63) is 64.2 Å². The summed E-state index contributed by atoms with van der Waals surface area (Å²) < 4.78 is 4.93. The molecule has 0 radical (unpaired) electrons. The average Bonchev–Trinajstić information content (AvgIpc) is 2.54. The molecule has 0 bridgehead atoms. The predicted molar refractivity (Wildman–Crippen MR) is 83.8 cm³/mol. The molecule has 23 heavy (non-hydrogen) atoms. The number of carbonyl (C=O) groups is 2. The molecule has 0 fully saturated rings. The van der Waals surface area contributed by atoms with E-state index in [9.17, 15) is 14.7 Å². The number of methoxy groups -OCH3 is 1. The summed E-state index contributed by atoms with van der Waals surface area (Å²) in [6.45, 7) is 0. The van der Waals surface area contributed by atoms with Gasteiger partial charge in [0.05, 0.1) is 19.3 Å². The number of carboxylic acids is 1. The zero-order valence-corrected chi connectivity index (χ0v) is 12.8. The number of hydrogen-bond acceptors (Lipinski definition) is 5. The number of hydrazone groups is 1. The molecule has 6 nitrogen and oxygen atoms in total. The Balaban J connectivity index is 2.10. The zero-order chi connectivity index (χ0) is 16.8. The number of aromatic carboxylic acids is 1. The lowest BCUT2D eigenvalue weighted by Gasteiger charge is -2.09. The van der Waals surface area contributed by atoms with Crippen molar-refractivity contribution in [2.45, 2.75) is 0 Å². The first-order valence-electron chi connectivity index (χ1n) is 6.49. The standard InChI is InChI=1S/C16H13ClN2O4/c1-23-14-6-5-10(7-13(14)16(21)22)9-18-19-15(20)11-3-2-4-12(17)8-11/h2-9H,1H3,(H,19,20)(H,21,22)/p-1/b18-9-. The highest BCUT2D eigenvalue weighted by Gasteiger charge is 2.06. The van der Waals surface area contributed by atoms with Gasteiger partial charge in [0, 0.05) is 16.1 Å². The van der Waals surface area contributed by atoms with E-state index in [2.05, 4.69) is 10.5 Å². The maximum absolute atomic E-state index is 11.9. The van der Waals surface area contributed by atoms with Crippen LogP contribution in [0.3, 0.4) is 0 Å². The summed E-state index contributed by atoms with van der Waals surface area (Å²) in [5, 5.41) is 15.2. The molecule has 0 spiro atoms. The van der Waals surface area contributed by atoms with Crippen molar-refractivity contribution >= 4 is 29.7 Å². The minimum absolute atomic E-state index is 0.0994. The second-order valence-corrected chi connectivity index (χ2v) is 4.89. The SMILES string of the molecule is COc1ccc(/C=N\NC(=O)c2cccc(Cl)c2)cc1C(=O)[O-]. The van der Waals surface area contributed by atoms with Crippen molar-refractivity contribution in [2.75, 3.05) is 7.11 Å². The van der Waals surface area contributed by atoms with Gasteiger partial charge in [-0.2, -0.15) is 5.10 Å². The normalized spacial score (nSPS) is 10.5. The maximum atomic E-state index is 11.9. The summed E-state index contributed by atoms with van der Waals surface area (Å²) in [5.41, 5.74) is 3.06. The van der Waals surface area contributed by atoms with Crippen molar-refractivity contribution in [3.63, 3.8) is 0 Å². The Labute approximate surface area is 137 Å². The Morgan fingerprint density at radius 3 is 2.70 bits per heavy atom. The molecule has 0 unspecified atom stereocenters. The van der Waals surface area contributed by atoms with Gasteiger partial charge in [0.15, 0.2) is 0 Å². The minimum Gasteiger partial charge on any atom is -0.545 e. The Bertz CT molecular complexity index is 774. The monoisotopic (exact) mass is 331 g/mol. The van der Waals surface area contributed by atoms with Crippen LogP contribution in [0.1, 0.15) is 26.3 Å². The Kier molecular flexibility index (Phi) is 5.32. The van der Waals surface area contributed by atoms with Gasteiger partial charge in [0.1, 0.15) is 5.75 Å². The highest BCUT2D eigenvalue weighted by Crippen LogP contribution is 2.18. The van der Waals surface area contributed by atoms with Crippen LogP contribution < -0.4 is 15.3 Å². The molecule has 0 aliphatic rings. The van der Waals surface area contributed by atoms with Gasteiger partial charge in [-0.25, -0.2) is 5.43 Å².